The molecule has 4 nitrogen and oxygen atoms in total. The van der Waals surface area contributed by atoms with Crippen LogP contribution in [0.15, 0.2) is 30.5 Å². The molecule has 0 aliphatic heterocycles. The highest BCUT2D eigenvalue weighted by Gasteiger charge is 2.04. The van der Waals surface area contributed by atoms with Crippen LogP contribution < -0.4 is 10.2 Å². The maximum absolute atomic E-state index is 6.10. The van der Waals surface area contributed by atoms with Crippen LogP contribution in [-0.2, 0) is 6.54 Å². The summed E-state index contributed by atoms with van der Waals surface area (Å²) in [7, 11) is 3.87. The average molecular weight is 297 g/mol. The topological polar surface area (TPSA) is 41.1 Å². The number of anilines is 2. The summed E-state index contributed by atoms with van der Waals surface area (Å²) in [6, 6.07) is 7.26. The molecule has 19 heavy (non-hydrogen) atoms. The molecule has 0 fully saturated rings. The SMILES string of the molecule is CN(C)c1ccnc(NCc2ccc(Cl)cc2Cl)n1. The molecular formula is C13H14Cl2N4. The van der Waals surface area contributed by atoms with Gasteiger partial charge in [-0.3, -0.25) is 0 Å². The molecule has 0 amide bonds. The lowest BCUT2D eigenvalue weighted by molar-refractivity contribution is 1.01. The van der Waals surface area contributed by atoms with Crippen molar-refractivity contribution in [2.24, 2.45) is 0 Å². The third kappa shape index (κ3) is 3.72. The molecule has 0 bridgehead atoms. The van der Waals surface area contributed by atoms with Crippen molar-refractivity contribution in [2.45, 2.75) is 6.54 Å². The van der Waals surface area contributed by atoms with E-state index in [1.165, 1.54) is 0 Å². The summed E-state index contributed by atoms with van der Waals surface area (Å²) in [6.07, 6.45) is 1.72. The molecule has 6 heteroatoms. The Kier molecular flexibility index (Phi) is 4.45. The van der Waals surface area contributed by atoms with Crippen molar-refractivity contribution in [1.82, 2.24) is 9.97 Å². The van der Waals surface area contributed by atoms with E-state index >= 15 is 0 Å². The van der Waals surface area contributed by atoms with E-state index in [9.17, 15) is 0 Å². The number of nitrogens with one attached hydrogen (secondary N) is 1. The molecule has 0 aliphatic carbocycles. The first-order valence-electron chi connectivity index (χ1n) is 5.74. The molecule has 2 aromatic rings. The molecule has 0 saturated carbocycles. The van der Waals surface area contributed by atoms with Crippen LogP contribution in [0.2, 0.25) is 10.0 Å². The number of hydrogen-bond donors (Lipinski definition) is 1. The standard InChI is InChI=1S/C13H14Cl2N4/c1-19(2)12-5-6-16-13(18-12)17-8-9-3-4-10(14)7-11(9)15/h3-7H,8H2,1-2H3,(H,16,17,18). The average Bonchev–Trinajstić information content (AvgIpc) is 2.38. The lowest BCUT2D eigenvalue weighted by Gasteiger charge is -2.12. The Hall–Kier alpha value is -1.52. The van der Waals surface area contributed by atoms with Crippen LogP contribution >= 0.6 is 23.2 Å². The van der Waals surface area contributed by atoms with Crippen molar-refractivity contribution in [3.05, 3.63) is 46.1 Å². The van der Waals surface area contributed by atoms with Gasteiger partial charge in [-0.05, 0) is 23.8 Å². The fourth-order valence-electron chi connectivity index (χ4n) is 1.52. The van der Waals surface area contributed by atoms with E-state index in [1.54, 1.807) is 12.3 Å². The second-order valence-electron chi connectivity index (χ2n) is 4.22. The van der Waals surface area contributed by atoms with E-state index in [4.69, 9.17) is 23.2 Å². The van der Waals surface area contributed by atoms with Crippen molar-refractivity contribution in [3.8, 4) is 0 Å². The molecule has 1 aromatic heterocycles. The van der Waals surface area contributed by atoms with Crippen LogP contribution in [0.3, 0.4) is 0 Å². The van der Waals surface area contributed by atoms with Gasteiger partial charge in [-0.2, -0.15) is 4.98 Å². The Morgan fingerprint density at radius 2 is 2.00 bits per heavy atom. The van der Waals surface area contributed by atoms with Crippen LogP contribution in [0.25, 0.3) is 0 Å². The van der Waals surface area contributed by atoms with Crippen LogP contribution in [0, 0.1) is 0 Å². The van der Waals surface area contributed by atoms with Crippen molar-refractivity contribution in [1.29, 1.82) is 0 Å². The summed E-state index contributed by atoms with van der Waals surface area (Å²) >= 11 is 12.0. The lowest BCUT2D eigenvalue weighted by atomic mass is 10.2. The molecular weight excluding hydrogens is 283 g/mol. The molecule has 2 rings (SSSR count). The predicted octanol–water partition coefficient (Wildman–Crippen LogP) is 3.46. The molecule has 0 aliphatic rings. The van der Waals surface area contributed by atoms with Gasteiger partial charge in [0.1, 0.15) is 5.82 Å². The Morgan fingerprint density at radius 3 is 2.68 bits per heavy atom. The van der Waals surface area contributed by atoms with Gasteiger partial charge in [0.25, 0.3) is 0 Å². The molecule has 1 heterocycles. The zero-order valence-corrected chi connectivity index (χ0v) is 12.2. The normalized spacial score (nSPS) is 10.3. The zero-order chi connectivity index (χ0) is 13.8. The number of halogens is 2. The summed E-state index contributed by atoms with van der Waals surface area (Å²) in [4.78, 5) is 10.5. The third-order valence-electron chi connectivity index (χ3n) is 2.55. The fraction of sp³-hybridized carbons (Fsp3) is 0.231. The van der Waals surface area contributed by atoms with Gasteiger partial charge in [-0.1, -0.05) is 29.3 Å². The highest BCUT2D eigenvalue weighted by atomic mass is 35.5. The Bertz CT molecular complexity index is 572. The predicted molar refractivity (Wildman–Crippen MR) is 80.1 cm³/mol. The van der Waals surface area contributed by atoms with Gasteiger partial charge in [0.2, 0.25) is 5.95 Å². The first-order chi connectivity index (χ1) is 9.06. The minimum Gasteiger partial charge on any atom is -0.363 e. The van der Waals surface area contributed by atoms with Gasteiger partial charge < -0.3 is 10.2 Å². The van der Waals surface area contributed by atoms with E-state index in [0.29, 0.717) is 22.5 Å². The summed E-state index contributed by atoms with van der Waals surface area (Å²) in [5.74, 6) is 1.41. The maximum atomic E-state index is 6.10. The number of aromatic nitrogens is 2. The van der Waals surface area contributed by atoms with Gasteiger partial charge in [0.05, 0.1) is 0 Å². The summed E-state index contributed by atoms with van der Waals surface area (Å²) in [5.41, 5.74) is 0.949. The van der Waals surface area contributed by atoms with E-state index in [2.05, 4.69) is 15.3 Å². The van der Waals surface area contributed by atoms with Gasteiger partial charge >= 0.3 is 0 Å². The fourth-order valence-corrected chi connectivity index (χ4v) is 2.00. The van der Waals surface area contributed by atoms with Gasteiger partial charge in [0, 0.05) is 36.9 Å². The molecule has 0 saturated heterocycles. The number of hydrogen-bond acceptors (Lipinski definition) is 4. The second-order valence-corrected chi connectivity index (χ2v) is 5.07. The van der Waals surface area contributed by atoms with Crippen molar-refractivity contribution < 1.29 is 0 Å². The summed E-state index contributed by atoms with van der Waals surface area (Å²) in [6.45, 7) is 0.548. The first-order valence-corrected chi connectivity index (χ1v) is 6.50. The monoisotopic (exact) mass is 296 g/mol. The van der Waals surface area contributed by atoms with E-state index in [1.807, 2.05) is 37.2 Å². The Labute approximate surface area is 122 Å². The Morgan fingerprint density at radius 1 is 1.21 bits per heavy atom. The van der Waals surface area contributed by atoms with Crippen LogP contribution in [0.5, 0.6) is 0 Å². The number of benzene rings is 1. The zero-order valence-electron chi connectivity index (χ0n) is 10.7. The third-order valence-corrected chi connectivity index (χ3v) is 3.14. The van der Waals surface area contributed by atoms with Crippen LogP contribution in [-0.4, -0.2) is 24.1 Å². The molecule has 0 atom stereocenters. The van der Waals surface area contributed by atoms with Gasteiger partial charge in [-0.15, -0.1) is 0 Å². The largest absolute Gasteiger partial charge is 0.363 e. The molecule has 0 radical (unpaired) electrons. The van der Waals surface area contributed by atoms with Crippen molar-refractivity contribution in [2.75, 3.05) is 24.3 Å². The molecule has 100 valence electrons. The van der Waals surface area contributed by atoms with Crippen molar-refractivity contribution >= 4 is 35.0 Å². The van der Waals surface area contributed by atoms with E-state index in [0.717, 1.165) is 11.4 Å². The number of rotatable bonds is 4. The lowest BCUT2D eigenvalue weighted by Crippen LogP contribution is -2.12. The minimum absolute atomic E-state index is 0.548. The highest BCUT2D eigenvalue weighted by molar-refractivity contribution is 6.35. The minimum atomic E-state index is 0.548. The smallest absolute Gasteiger partial charge is 0.224 e. The summed E-state index contributed by atoms with van der Waals surface area (Å²) < 4.78 is 0. The second kappa shape index (κ2) is 6.08. The quantitative estimate of drug-likeness (QED) is 0.938. The Balaban J connectivity index is 2.08. The molecule has 1 N–H and O–H groups in total. The summed E-state index contributed by atoms with van der Waals surface area (Å²) in [5, 5.41) is 4.39. The van der Waals surface area contributed by atoms with Crippen LogP contribution in [0.4, 0.5) is 11.8 Å². The van der Waals surface area contributed by atoms with Crippen molar-refractivity contribution in [3.63, 3.8) is 0 Å². The van der Waals surface area contributed by atoms with Gasteiger partial charge in [-0.25, -0.2) is 4.98 Å². The maximum Gasteiger partial charge on any atom is 0.224 e. The molecule has 0 unspecified atom stereocenters. The molecule has 0 spiro atoms. The van der Waals surface area contributed by atoms with E-state index < -0.39 is 0 Å². The first kappa shape index (κ1) is 13.9. The van der Waals surface area contributed by atoms with Crippen LogP contribution in [0.1, 0.15) is 5.56 Å². The van der Waals surface area contributed by atoms with E-state index in [-0.39, 0.29) is 0 Å². The molecule has 1 aromatic carbocycles. The number of nitrogens with zero attached hydrogens (tertiary/aromatic N) is 3. The highest BCUT2D eigenvalue weighted by Crippen LogP contribution is 2.21. The van der Waals surface area contributed by atoms with Gasteiger partial charge in [0.15, 0.2) is 0 Å².